The molecule has 0 amide bonds. The predicted molar refractivity (Wildman–Crippen MR) is 72.5 cm³/mol. The molecule has 0 aliphatic carbocycles. The standard InChI is InChI=1S/C14H23NO3/c1-9-10(2)14(18-6)11(7-13(9)17-5)12(8-16)15(3)4/h7,12,16H,8H2,1-6H3. The summed E-state index contributed by atoms with van der Waals surface area (Å²) in [5.74, 6) is 1.64. The molecule has 4 nitrogen and oxygen atoms in total. The molecule has 1 N–H and O–H groups in total. The first-order valence-electron chi connectivity index (χ1n) is 5.97. The Morgan fingerprint density at radius 1 is 1.17 bits per heavy atom. The molecule has 0 fully saturated rings. The minimum absolute atomic E-state index is 0.0367. The molecular weight excluding hydrogens is 230 g/mol. The van der Waals surface area contributed by atoms with Crippen LogP contribution >= 0.6 is 0 Å². The Kier molecular flexibility index (Phi) is 4.99. The van der Waals surface area contributed by atoms with Gasteiger partial charge in [0.1, 0.15) is 11.5 Å². The molecule has 0 heterocycles. The molecule has 102 valence electrons. The lowest BCUT2D eigenvalue weighted by Crippen LogP contribution is -2.24. The first-order valence-corrected chi connectivity index (χ1v) is 5.97. The molecule has 0 aromatic heterocycles. The van der Waals surface area contributed by atoms with E-state index in [1.54, 1.807) is 14.2 Å². The molecule has 1 aromatic rings. The van der Waals surface area contributed by atoms with Crippen LogP contribution in [0.5, 0.6) is 11.5 Å². The average Bonchev–Trinajstić information content (AvgIpc) is 2.34. The van der Waals surface area contributed by atoms with Gasteiger partial charge in [-0.15, -0.1) is 0 Å². The number of likely N-dealkylation sites (N-methyl/N-ethyl adjacent to an activating group) is 1. The molecule has 0 bridgehead atoms. The van der Waals surface area contributed by atoms with E-state index in [1.807, 2.05) is 38.9 Å². The maximum absolute atomic E-state index is 9.56. The summed E-state index contributed by atoms with van der Waals surface area (Å²) >= 11 is 0. The highest BCUT2D eigenvalue weighted by Crippen LogP contribution is 2.37. The van der Waals surface area contributed by atoms with Gasteiger partial charge in [-0.05, 0) is 45.1 Å². The number of methoxy groups -OCH3 is 2. The van der Waals surface area contributed by atoms with Crippen LogP contribution in [0, 0.1) is 13.8 Å². The first-order chi connectivity index (χ1) is 8.47. The van der Waals surface area contributed by atoms with E-state index in [0.29, 0.717) is 0 Å². The molecule has 1 unspecified atom stereocenters. The van der Waals surface area contributed by atoms with Crippen LogP contribution in [0.25, 0.3) is 0 Å². The van der Waals surface area contributed by atoms with Gasteiger partial charge in [0.05, 0.1) is 26.9 Å². The second kappa shape index (κ2) is 6.07. The number of rotatable bonds is 5. The van der Waals surface area contributed by atoms with Crippen LogP contribution in [0.2, 0.25) is 0 Å². The summed E-state index contributed by atoms with van der Waals surface area (Å²) in [6.45, 7) is 4.05. The highest BCUT2D eigenvalue weighted by molar-refractivity contribution is 5.53. The maximum atomic E-state index is 9.56. The Balaban J connectivity index is 3.45. The second-order valence-electron chi connectivity index (χ2n) is 4.61. The van der Waals surface area contributed by atoms with E-state index in [-0.39, 0.29) is 12.6 Å². The fraction of sp³-hybridized carbons (Fsp3) is 0.571. The van der Waals surface area contributed by atoms with Gasteiger partial charge in [-0.25, -0.2) is 0 Å². The third kappa shape index (κ3) is 2.60. The van der Waals surface area contributed by atoms with Crippen LogP contribution in [-0.2, 0) is 0 Å². The molecule has 0 spiro atoms. The van der Waals surface area contributed by atoms with Crippen LogP contribution < -0.4 is 9.47 Å². The Hall–Kier alpha value is -1.26. The summed E-state index contributed by atoms with van der Waals surface area (Å²) in [6, 6.07) is 1.84. The molecule has 0 radical (unpaired) electrons. The number of ether oxygens (including phenoxy) is 2. The SMILES string of the molecule is COc1cc(C(CO)N(C)C)c(OC)c(C)c1C. The Morgan fingerprint density at radius 2 is 1.78 bits per heavy atom. The van der Waals surface area contributed by atoms with Crippen molar-refractivity contribution in [3.63, 3.8) is 0 Å². The van der Waals surface area contributed by atoms with E-state index in [9.17, 15) is 5.11 Å². The number of hydrogen-bond donors (Lipinski definition) is 1. The number of aliphatic hydroxyl groups excluding tert-OH is 1. The fourth-order valence-electron chi connectivity index (χ4n) is 2.16. The van der Waals surface area contributed by atoms with Gasteiger partial charge in [-0.2, -0.15) is 0 Å². The second-order valence-corrected chi connectivity index (χ2v) is 4.61. The lowest BCUT2D eigenvalue weighted by molar-refractivity contribution is 0.167. The molecule has 0 saturated carbocycles. The summed E-state index contributed by atoms with van der Waals surface area (Å²) in [7, 11) is 7.17. The van der Waals surface area contributed by atoms with Crippen molar-refractivity contribution in [1.29, 1.82) is 0 Å². The smallest absolute Gasteiger partial charge is 0.127 e. The van der Waals surface area contributed by atoms with Gasteiger partial charge in [0.2, 0.25) is 0 Å². The lowest BCUT2D eigenvalue weighted by Gasteiger charge is -2.26. The van der Waals surface area contributed by atoms with E-state index < -0.39 is 0 Å². The Labute approximate surface area is 109 Å². The van der Waals surface area contributed by atoms with Crippen molar-refractivity contribution in [2.45, 2.75) is 19.9 Å². The summed E-state index contributed by atoms with van der Waals surface area (Å²) in [5, 5.41) is 9.56. The topological polar surface area (TPSA) is 41.9 Å². The molecule has 0 saturated heterocycles. The predicted octanol–water partition coefficient (Wildman–Crippen LogP) is 1.92. The monoisotopic (exact) mass is 253 g/mol. The van der Waals surface area contributed by atoms with Crippen molar-refractivity contribution >= 4 is 0 Å². The Bertz CT molecular complexity index is 416. The van der Waals surface area contributed by atoms with E-state index >= 15 is 0 Å². The number of nitrogens with zero attached hydrogens (tertiary/aromatic N) is 1. The number of hydrogen-bond acceptors (Lipinski definition) is 4. The van der Waals surface area contributed by atoms with Crippen molar-refractivity contribution in [2.24, 2.45) is 0 Å². The summed E-state index contributed by atoms with van der Waals surface area (Å²) in [6.07, 6.45) is 0. The van der Waals surface area contributed by atoms with Gasteiger partial charge in [0.15, 0.2) is 0 Å². The molecule has 1 atom stereocenters. The number of aliphatic hydroxyl groups is 1. The minimum atomic E-state index is -0.104. The zero-order chi connectivity index (χ0) is 13.9. The van der Waals surface area contributed by atoms with Crippen LogP contribution in [0.3, 0.4) is 0 Å². The first kappa shape index (κ1) is 14.8. The van der Waals surface area contributed by atoms with Crippen molar-refractivity contribution in [2.75, 3.05) is 34.9 Å². The maximum Gasteiger partial charge on any atom is 0.127 e. The van der Waals surface area contributed by atoms with Crippen LogP contribution in [0.1, 0.15) is 22.7 Å². The fourth-order valence-corrected chi connectivity index (χ4v) is 2.16. The van der Waals surface area contributed by atoms with Gasteiger partial charge >= 0.3 is 0 Å². The molecule has 1 rings (SSSR count). The van der Waals surface area contributed by atoms with E-state index in [0.717, 1.165) is 28.2 Å². The largest absolute Gasteiger partial charge is 0.496 e. The highest BCUT2D eigenvalue weighted by Gasteiger charge is 2.22. The van der Waals surface area contributed by atoms with Crippen molar-refractivity contribution in [3.05, 3.63) is 22.8 Å². The zero-order valence-corrected chi connectivity index (χ0v) is 12.1. The molecular formula is C14H23NO3. The van der Waals surface area contributed by atoms with Gasteiger partial charge in [-0.1, -0.05) is 0 Å². The highest BCUT2D eigenvalue weighted by atomic mass is 16.5. The van der Waals surface area contributed by atoms with Gasteiger partial charge < -0.3 is 19.5 Å². The van der Waals surface area contributed by atoms with E-state index in [1.165, 1.54) is 0 Å². The third-order valence-electron chi connectivity index (χ3n) is 3.40. The summed E-state index contributed by atoms with van der Waals surface area (Å²) in [5.41, 5.74) is 3.06. The molecule has 0 aliphatic rings. The summed E-state index contributed by atoms with van der Waals surface area (Å²) in [4.78, 5) is 1.96. The zero-order valence-electron chi connectivity index (χ0n) is 12.1. The molecule has 0 aliphatic heterocycles. The van der Waals surface area contributed by atoms with Crippen molar-refractivity contribution < 1.29 is 14.6 Å². The van der Waals surface area contributed by atoms with Crippen LogP contribution in [0.4, 0.5) is 0 Å². The quantitative estimate of drug-likeness (QED) is 0.870. The van der Waals surface area contributed by atoms with Gasteiger partial charge in [-0.3, -0.25) is 0 Å². The van der Waals surface area contributed by atoms with Crippen molar-refractivity contribution in [3.8, 4) is 11.5 Å². The van der Waals surface area contributed by atoms with Crippen molar-refractivity contribution in [1.82, 2.24) is 4.90 Å². The van der Waals surface area contributed by atoms with Crippen LogP contribution in [0.15, 0.2) is 6.07 Å². The Morgan fingerprint density at radius 3 is 2.17 bits per heavy atom. The lowest BCUT2D eigenvalue weighted by atomic mass is 9.97. The van der Waals surface area contributed by atoms with Gasteiger partial charge in [0.25, 0.3) is 0 Å². The minimum Gasteiger partial charge on any atom is -0.496 e. The van der Waals surface area contributed by atoms with E-state index in [4.69, 9.17) is 9.47 Å². The van der Waals surface area contributed by atoms with Crippen LogP contribution in [-0.4, -0.2) is 44.9 Å². The molecule has 18 heavy (non-hydrogen) atoms. The summed E-state index contributed by atoms with van der Waals surface area (Å²) < 4.78 is 10.9. The molecule has 1 aromatic carbocycles. The van der Waals surface area contributed by atoms with E-state index in [2.05, 4.69) is 0 Å². The number of benzene rings is 1. The van der Waals surface area contributed by atoms with Gasteiger partial charge in [0, 0.05) is 5.56 Å². The normalized spacial score (nSPS) is 12.7. The molecule has 4 heteroatoms. The average molecular weight is 253 g/mol. The third-order valence-corrected chi connectivity index (χ3v) is 3.40.